The lowest BCUT2D eigenvalue weighted by Crippen LogP contribution is -1.99. The summed E-state index contributed by atoms with van der Waals surface area (Å²) in [5, 5.41) is 7.32. The van der Waals surface area contributed by atoms with Crippen LogP contribution in [0.1, 0.15) is 0 Å². The molecule has 0 fully saturated rings. The first kappa shape index (κ1) is 21.5. The van der Waals surface area contributed by atoms with E-state index in [1.54, 1.807) is 0 Å². The molecular weight excluding hydrogens is 488 g/mol. The lowest BCUT2D eigenvalue weighted by atomic mass is 10.1. The van der Waals surface area contributed by atoms with Gasteiger partial charge >= 0.3 is 0 Å². The van der Waals surface area contributed by atoms with Gasteiger partial charge in [-0.2, -0.15) is 0 Å². The Morgan fingerprint density at radius 2 is 1.02 bits per heavy atom. The summed E-state index contributed by atoms with van der Waals surface area (Å²) in [6.45, 7) is 0. The number of hydrogen-bond acceptors (Lipinski definition) is 2. The van der Waals surface area contributed by atoms with Crippen LogP contribution in [0.4, 0.5) is 0 Å². The summed E-state index contributed by atoms with van der Waals surface area (Å²) in [7, 11) is 0. The summed E-state index contributed by atoms with van der Waals surface area (Å²) in [6.07, 6.45) is 1.89. The average molecular weight is 511 g/mol. The normalized spacial score (nSPS) is 12.0. The van der Waals surface area contributed by atoms with Gasteiger partial charge in [0.25, 0.3) is 0 Å². The van der Waals surface area contributed by atoms with Crippen LogP contribution >= 0.6 is 0 Å². The zero-order valence-electron chi connectivity index (χ0n) is 21.5. The van der Waals surface area contributed by atoms with Crippen molar-refractivity contribution in [3.05, 3.63) is 134 Å². The largest absolute Gasteiger partial charge is 0.309 e. The Balaban J connectivity index is 1.41. The maximum atomic E-state index is 5.04. The zero-order valence-corrected chi connectivity index (χ0v) is 21.5. The average Bonchev–Trinajstić information content (AvgIpc) is 3.51. The summed E-state index contributed by atoms with van der Waals surface area (Å²) < 4.78 is 4.66. The molecule has 9 aromatic rings. The van der Waals surface area contributed by atoms with Crippen LogP contribution in [0.25, 0.3) is 76.9 Å². The Bertz CT molecular complexity index is 2270. The second kappa shape index (κ2) is 8.01. The number of nitrogens with zero attached hydrogens (tertiary/aromatic N) is 4. The highest BCUT2D eigenvalue weighted by Gasteiger charge is 2.19. The molecule has 0 saturated heterocycles. The molecule has 3 heterocycles. The van der Waals surface area contributed by atoms with Crippen LogP contribution in [0.15, 0.2) is 134 Å². The molecule has 6 aromatic carbocycles. The molecule has 0 saturated carbocycles. The summed E-state index contributed by atoms with van der Waals surface area (Å²) in [5.74, 6) is 0.822. The molecule has 4 heteroatoms. The van der Waals surface area contributed by atoms with Gasteiger partial charge in [0.2, 0.25) is 0 Å². The Labute approximate surface area is 229 Å². The second-order valence-electron chi connectivity index (χ2n) is 10.3. The molecule has 0 amide bonds. The summed E-state index contributed by atoms with van der Waals surface area (Å²) >= 11 is 0. The Hall–Kier alpha value is -5.48. The predicted octanol–water partition coefficient (Wildman–Crippen LogP) is 8.98. The van der Waals surface area contributed by atoms with E-state index in [1.165, 1.54) is 43.4 Å². The molecule has 0 aliphatic heterocycles. The topological polar surface area (TPSA) is 35.6 Å². The van der Waals surface area contributed by atoms with Gasteiger partial charge in [0.15, 0.2) is 5.82 Å². The molecule has 186 valence electrons. The molecule has 0 aliphatic carbocycles. The van der Waals surface area contributed by atoms with Gasteiger partial charge in [-0.15, -0.1) is 0 Å². The van der Waals surface area contributed by atoms with Gasteiger partial charge in [-0.05, 0) is 59.3 Å². The highest BCUT2D eigenvalue weighted by Crippen LogP contribution is 2.39. The van der Waals surface area contributed by atoms with Crippen molar-refractivity contribution in [2.75, 3.05) is 0 Å². The van der Waals surface area contributed by atoms with E-state index in [1.807, 2.05) is 30.5 Å². The molecule has 0 spiro atoms. The number of para-hydroxylation sites is 4. The van der Waals surface area contributed by atoms with E-state index in [0.29, 0.717) is 0 Å². The number of aromatic nitrogens is 4. The molecule has 40 heavy (non-hydrogen) atoms. The van der Waals surface area contributed by atoms with Gasteiger partial charge in [0.1, 0.15) is 0 Å². The maximum absolute atomic E-state index is 5.04. The van der Waals surface area contributed by atoms with Crippen molar-refractivity contribution < 1.29 is 0 Å². The van der Waals surface area contributed by atoms with E-state index in [0.717, 1.165) is 33.6 Å². The van der Waals surface area contributed by atoms with Crippen molar-refractivity contribution in [1.82, 2.24) is 19.1 Å². The van der Waals surface area contributed by atoms with E-state index >= 15 is 0 Å². The third-order valence-electron chi connectivity index (χ3n) is 8.12. The SMILES string of the molecule is c1ccc2cc(-n3c4ccccc4c4cc5c(cc43)c3ccccc3n5-c3cnc4ccccc4n3)ccc2c1. The lowest BCUT2D eigenvalue weighted by molar-refractivity contribution is 1.08. The summed E-state index contributed by atoms with van der Waals surface area (Å²) in [4.78, 5) is 9.78. The minimum atomic E-state index is 0.822. The highest BCUT2D eigenvalue weighted by atomic mass is 15.1. The number of benzene rings is 6. The molecule has 0 atom stereocenters. The molecule has 0 bridgehead atoms. The van der Waals surface area contributed by atoms with E-state index in [4.69, 9.17) is 9.97 Å². The minimum absolute atomic E-state index is 0.822. The fourth-order valence-electron chi connectivity index (χ4n) is 6.33. The molecule has 9 rings (SSSR count). The van der Waals surface area contributed by atoms with Crippen LogP contribution in [0.3, 0.4) is 0 Å². The fraction of sp³-hybridized carbons (Fsp3) is 0. The fourth-order valence-corrected chi connectivity index (χ4v) is 6.33. The monoisotopic (exact) mass is 510 g/mol. The molecular formula is C36H22N4. The van der Waals surface area contributed by atoms with E-state index in [9.17, 15) is 0 Å². The molecule has 0 radical (unpaired) electrons. The van der Waals surface area contributed by atoms with Crippen LogP contribution in [0.5, 0.6) is 0 Å². The van der Waals surface area contributed by atoms with Crippen LogP contribution in [-0.4, -0.2) is 19.1 Å². The van der Waals surface area contributed by atoms with Crippen molar-refractivity contribution in [2.24, 2.45) is 0 Å². The highest BCUT2D eigenvalue weighted by molar-refractivity contribution is 6.19. The lowest BCUT2D eigenvalue weighted by Gasteiger charge is -2.10. The standard InChI is InChI=1S/C36H22N4/c1-2-10-24-19-25(18-17-23(24)9-1)39-32-15-7-3-11-26(32)28-21-35-29(20-34(28)39)27-12-4-8-16-33(27)40(35)36-22-37-30-13-5-6-14-31(30)38-36/h1-22H. The third-order valence-corrected chi connectivity index (χ3v) is 8.12. The third kappa shape index (κ3) is 2.96. The number of fused-ring (bicyclic) bond motifs is 8. The maximum Gasteiger partial charge on any atom is 0.156 e. The van der Waals surface area contributed by atoms with Crippen LogP contribution in [-0.2, 0) is 0 Å². The molecule has 0 N–H and O–H groups in total. The number of hydrogen-bond donors (Lipinski definition) is 0. The zero-order chi connectivity index (χ0) is 26.2. The van der Waals surface area contributed by atoms with E-state index in [-0.39, 0.29) is 0 Å². The van der Waals surface area contributed by atoms with Gasteiger partial charge in [0.05, 0.1) is 39.3 Å². The molecule has 0 aliphatic rings. The van der Waals surface area contributed by atoms with Gasteiger partial charge in [0, 0.05) is 27.2 Å². The van der Waals surface area contributed by atoms with E-state index in [2.05, 4.69) is 112 Å². The Morgan fingerprint density at radius 3 is 1.80 bits per heavy atom. The second-order valence-corrected chi connectivity index (χ2v) is 10.3. The predicted molar refractivity (Wildman–Crippen MR) is 166 cm³/mol. The van der Waals surface area contributed by atoms with Crippen LogP contribution < -0.4 is 0 Å². The van der Waals surface area contributed by atoms with Crippen molar-refractivity contribution in [3.8, 4) is 11.5 Å². The molecule has 3 aromatic heterocycles. The van der Waals surface area contributed by atoms with Gasteiger partial charge < -0.3 is 4.57 Å². The minimum Gasteiger partial charge on any atom is -0.309 e. The van der Waals surface area contributed by atoms with E-state index < -0.39 is 0 Å². The van der Waals surface area contributed by atoms with Crippen molar-refractivity contribution >= 4 is 65.4 Å². The first-order valence-electron chi connectivity index (χ1n) is 13.5. The molecule has 0 unspecified atom stereocenters. The van der Waals surface area contributed by atoms with Gasteiger partial charge in [-0.3, -0.25) is 9.55 Å². The van der Waals surface area contributed by atoms with Crippen molar-refractivity contribution in [3.63, 3.8) is 0 Å². The van der Waals surface area contributed by atoms with Gasteiger partial charge in [-0.25, -0.2) is 4.98 Å². The van der Waals surface area contributed by atoms with Crippen LogP contribution in [0.2, 0.25) is 0 Å². The summed E-state index contributed by atoms with van der Waals surface area (Å²) in [5.41, 5.74) is 7.58. The Morgan fingerprint density at radius 1 is 0.425 bits per heavy atom. The molecule has 4 nitrogen and oxygen atoms in total. The van der Waals surface area contributed by atoms with Crippen LogP contribution in [0, 0.1) is 0 Å². The Kier molecular flexibility index (Phi) is 4.30. The van der Waals surface area contributed by atoms with Gasteiger partial charge in [-0.1, -0.05) is 78.9 Å². The quantitative estimate of drug-likeness (QED) is 0.233. The van der Waals surface area contributed by atoms with Crippen molar-refractivity contribution in [2.45, 2.75) is 0 Å². The summed E-state index contributed by atoms with van der Waals surface area (Å²) in [6, 6.07) is 45.3. The number of rotatable bonds is 2. The first-order valence-corrected chi connectivity index (χ1v) is 13.5. The first-order chi connectivity index (χ1) is 19.8. The smallest absolute Gasteiger partial charge is 0.156 e. The van der Waals surface area contributed by atoms with Crippen molar-refractivity contribution in [1.29, 1.82) is 0 Å².